The Bertz CT molecular complexity index is 537. The van der Waals surface area contributed by atoms with Crippen LogP contribution in [0, 0.1) is 12.8 Å². The summed E-state index contributed by atoms with van der Waals surface area (Å²) in [5, 5.41) is 0. The van der Waals surface area contributed by atoms with E-state index in [-0.39, 0.29) is 0 Å². The van der Waals surface area contributed by atoms with Gasteiger partial charge in [-0.2, -0.15) is 0 Å². The van der Waals surface area contributed by atoms with Crippen LogP contribution >= 0.6 is 0 Å². The smallest absolute Gasteiger partial charge is 0.106 e. The highest BCUT2D eigenvalue weighted by molar-refractivity contribution is 5.76. The van der Waals surface area contributed by atoms with Gasteiger partial charge >= 0.3 is 0 Å². The molecule has 1 unspecified atom stereocenters. The molecule has 2 heteroatoms. The number of nitrogens with zero attached hydrogens (tertiary/aromatic N) is 2. The van der Waals surface area contributed by atoms with Crippen molar-refractivity contribution in [3.05, 3.63) is 30.1 Å². The van der Waals surface area contributed by atoms with Crippen molar-refractivity contribution >= 4 is 11.0 Å². The molecule has 0 spiro atoms. The summed E-state index contributed by atoms with van der Waals surface area (Å²) in [5.41, 5.74) is 2.45. The quantitative estimate of drug-likeness (QED) is 0.772. The number of aryl methyl sites for hydroxylation is 1. The van der Waals surface area contributed by atoms with E-state index in [9.17, 15) is 0 Å². The highest BCUT2D eigenvalue weighted by Crippen LogP contribution is 2.36. The zero-order chi connectivity index (χ0) is 12.5. The van der Waals surface area contributed by atoms with Gasteiger partial charge in [-0.3, -0.25) is 0 Å². The van der Waals surface area contributed by atoms with Crippen molar-refractivity contribution in [2.24, 2.45) is 5.92 Å². The minimum atomic E-state index is 0.628. The van der Waals surface area contributed by atoms with E-state index in [0.717, 1.165) is 11.4 Å². The number of hydrogen-bond donors (Lipinski definition) is 0. The number of rotatable bonds is 4. The predicted octanol–water partition coefficient (Wildman–Crippen LogP) is 4.49. The fourth-order valence-corrected chi connectivity index (χ4v) is 3.19. The third kappa shape index (κ3) is 1.94. The molecule has 1 saturated carbocycles. The molecule has 18 heavy (non-hydrogen) atoms. The molecule has 3 rings (SSSR count). The van der Waals surface area contributed by atoms with Gasteiger partial charge in [0.15, 0.2) is 0 Å². The predicted molar refractivity (Wildman–Crippen MR) is 75.8 cm³/mol. The second kappa shape index (κ2) is 4.75. The van der Waals surface area contributed by atoms with Crippen LogP contribution in [-0.4, -0.2) is 9.55 Å². The summed E-state index contributed by atoms with van der Waals surface area (Å²) >= 11 is 0. The van der Waals surface area contributed by atoms with Gasteiger partial charge in [0, 0.05) is 6.04 Å². The van der Waals surface area contributed by atoms with Crippen LogP contribution in [-0.2, 0) is 0 Å². The molecule has 0 saturated heterocycles. The average Bonchev–Trinajstić information content (AvgIpc) is 2.65. The van der Waals surface area contributed by atoms with E-state index in [1.807, 2.05) is 0 Å². The van der Waals surface area contributed by atoms with E-state index in [0.29, 0.717) is 6.04 Å². The van der Waals surface area contributed by atoms with Crippen LogP contribution in [0.5, 0.6) is 0 Å². The Morgan fingerprint density at radius 1 is 1.33 bits per heavy atom. The standard InChI is InChI=1S/C16H22N2/c1-3-14(11-13-7-6-8-13)18-12(2)17-15-9-4-5-10-16(15)18/h4-5,9-10,13-14H,3,6-8,11H2,1-2H3. The van der Waals surface area contributed by atoms with Gasteiger partial charge in [0.2, 0.25) is 0 Å². The molecule has 1 aromatic heterocycles. The second-order valence-corrected chi connectivity index (χ2v) is 5.61. The fraction of sp³-hybridized carbons (Fsp3) is 0.562. The Hall–Kier alpha value is -1.31. The highest BCUT2D eigenvalue weighted by Gasteiger charge is 2.24. The van der Waals surface area contributed by atoms with E-state index < -0.39 is 0 Å². The summed E-state index contributed by atoms with van der Waals surface area (Å²) in [6, 6.07) is 9.15. The number of para-hydroxylation sites is 2. The fourth-order valence-electron chi connectivity index (χ4n) is 3.19. The first kappa shape index (κ1) is 11.8. The van der Waals surface area contributed by atoms with Crippen molar-refractivity contribution in [2.45, 2.75) is 52.0 Å². The molecule has 1 aliphatic carbocycles. The Labute approximate surface area is 109 Å². The van der Waals surface area contributed by atoms with Gasteiger partial charge in [0.1, 0.15) is 5.82 Å². The molecule has 0 aliphatic heterocycles. The monoisotopic (exact) mass is 242 g/mol. The molecule has 1 aliphatic rings. The topological polar surface area (TPSA) is 17.8 Å². The Morgan fingerprint density at radius 2 is 2.11 bits per heavy atom. The Morgan fingerprint density at radius 3 is 2.78 bits per heavy atom. The maximum Gasteiger partial charge on any atom is 0.106 e. The molecule has 0 N–H and O–H groups in total. The molecule has 2 aromatic rings. The molecule has 0 amide bonds. The Kier molecular flexibility index (Phi) is 3.11. The number of fused-ring (bicyclic) bond motifs is 1. The van der Waals surface area contributed by atoms with Crippen LogP contribution in [0.2, 0.25) is 0 Å². The lowest BCUT2D eigenvalue weighted by molar-refractivity contribution is 0.246. The first-order valence-electron chi connectivity index (χ1n) is 7.23. The van der Waals surface area contributed by atoms with Crippen LogP contribution in [0.25, 0.3) is 11.0 Å². The van der Waals surface area contributed by atoms with Gasteiger partial charge in [-0.25, -0.2) is 4.98 Å². The van der Waals surface area contributed by atoms with E-state index in [2.05, 4.69) is 42.7 Å². The summed E-state index contributed by atoms with van der Waals surface area (Å²) in [6.45, 7) is 4.45. The van der Waals surface area contributed by atoms with Crippen molar-refractivity contribution < 1.29 is 0 Å². The van der Waals surface area contributed by atoms with Gasteiger partial charge in [-0.15, -0.1) is 0 Å². The molecule has 96 valence electrons. The molecule has 1 atom stereocenters. The van der Waals surface area contributed by atoms with Gasteiger partial charge in [0.05, 0.1) is 11.0 Å². The Balaban J connectivity index is 1.97. The molecule has 1 fully saturated rings. The maximum absolute atomic E-state index is 4.70. The number of imidazole rings is 1. The van der Waals surface area contributed by atoms with Crippen molar-refractivity contribution in [3.63, 3.8) is 0 Å². The van der Waals surface area contributed by atoms with Gasteiger partial charge < -0.3 is 4.57 Å². The van der Waals surface area contributed by atoms with Crippen LogP contribution in [0.3, 0.4) is 0 Å². The van der Waals surface area contributed by atoms with Gasteiger partial charge in [0.25, 0.3) is 0 Å². The minimum absolute atomic E-state index is 0.628. The molecule has 0 bridgehead atoms. The van der Waals surface area contributed by atoms with E-state index in [1.54, 1.807) is 0 Å². The lowest BCUT2D eigenvalue weighted by atomic mass is 9.80. The normalized spacial score (nSPS) is 17.9. The third-order valence-electron chi connectivity index (χ3n) is 4.44. The van der Waals surface area contributed by atoms with Crippen molar-refractivity contribution in [2.75, 3.05) is 0 Å². The molecule has 1 aromatic carbocycles. The van der Waals surface area contributed by atoms with Crippen molar-refractivity contribution in [1.29, 1.82) is 0 Å². The molecule has 0 radical (unpaired) electrons. The lowest BCUT2D eigenvalue weighted by Crippen LogP contribution is -2.19. The summed E-state index contributed by atoms with van der Waals surface area (Å²) in [4.78, 5) is 4.70. The first-order valence-corrected chi connectivity index (χ1v) is 7.23. The van der Waals surface area contributed by atoms with E-state index >= 15 is 0 Å². The zero-order valence-corrected chi connectivity index (χ0v) is 11.4. The average molecular weight is 242 g/mol. The van der Waals surface area contributed by atoms with Crippen molar-refractivity contribution in [1.82, 2.24) is 9.55 Å². The second-order valence-electron chi connectivity index (χ2n) is 5.61. The molecule has 2 nitrogen and oxygen atoms in total. The number of benzene rings is 1. The molecular weight excluding hydrogens is 220 g/mol. The number of hydrogen-bond acceptors (Lipinski definition) is 1. The van der Waals surface area contributed by atoms with Crippen molar-refractivity contribution in [3.8, 4) is 0 Å². The lowest BCUT2D eigenvalue weighted by Gasteiger charge is -2.30. The summed E-state index contributed by atoms with van der Waals surface area (Å²) in [5.74, 6) is 2.12. The van der Waals surface area contributed by atoms with Gasteiger partial charge in [-0.1, -0.05) is 38.3 Å². The largest absolute Gasteiger partial charge is 0.325 e. The van der Waals surface area contributed by atoms with E-state index in [1.165, 1.54) is 43.4 Å². The van der Waals surface area contributed by atoms with Gasteiger partial charge in [-0.05, 0) is 37.8 Å². The highest BCUT2D eigenvalue weighted by atomic mass is 15.1. The van der Waals surface area contributed by atoms with Crippen LogP contribution < -0.4 is 0 Å². The van der Waals surface area contributed by atoms with Crippen LogP contribution in [0.1, 0.15) is 50.9 Å². The summed E-state index contributed by atoms with van der Waals surface area (Å²) in [7, 11) is 0. The first-order chi connectivity index (χ1) is 8.79. The van der Waals surface area contributed by atoms with Crippen LogP contribution in [0.15, 0.2) is 24.3 Å². The van der Waals surface area contributed by atoms with Crippen LogP contribution in [0.4, 0.5) is 0 Å². The molecule has 1 heterocycles. The molecular formula is C16H22N2. The summed E-state index contributed by atoms with van der Waals surface area (Å²) in [6.07, 6.45) is 6.84. The summed E-state index contributed by atoms with van der Waals surface area (Å²) < 4.78 is 2.47. The minimum Gasteiger partial charge on any atom is -0.325 e. The third-order valence-corrected chi connectivity index (χ3v) is 4.44. The maximum atomic E-state index is 4.70. The number of aromatic nitrogens is 2. The zero-order valence-electron chi connectivity index (χ0n) is 11.4. The SMILES string of the molecule is CCC(CC1CCC1)n1c(C)nc2ccccc21. The van der Waals surface area contributed by atoms with E-state index in [4.69, 9.17) is 4.98 Å².